The van der Waals surface area contributed by atoms with Crippen molar-refractivity contribution in [1.29, 1.82) is 0 Å². The molecule has 38 heavy (non-hydrogen) atoms. The van der Waals surface area contributed by atoms with Crippen molar-refractivity contribution in [2.24, 2.45) is 0 Å². The minimum absolute atomic E-state index is 0.0439. The average molecular weight is 537 g/mol. The fourth-order valence-electron chi connectivity index (χ4n) is 3.60. The van der Waals surface area contributed by atoms with Crippen molar-refractivity contribution in [3.05, 3.63) is 95.2 Å². The minimum atomic E-state index is -3.71. The molecule has 0 radical (unpaired) electrons. The molecular weight excluding hydrogens is 508 g/mol. The molecule has 1 amide bonds. The smallest absolute Gasteiger partial charge is 0.255 e. The van der Waals surface area contributed by atoms with Crippen LogP contribution in [0.2, 0.25) is 0 Å². The number of benzene rings is 1. The number of nitrogens with zero attached hydrogens (tertiary/aromatic N) is 3. The number of aromatic nitrogens is 3. The summed E-state index contributed by atoms with van der Waals surface area (Å²) in [5, 5.41) is 5.77. The lowest BCUT2D eigenvalue weighted by atomic mass is 10.2. The summed E-state index contributed by atoms with van der Waals surface area (Å²) in [4.78, 5) is 33.7. The first-order valence-corrected chi connectivity index (χ1v) is 13.5. The fourth-order valence-corrected chi connectivity index (χ4v) is 4.86. The lowest BCUT2D eigenvalue weighted by Crippen LogP contribution is -2.41. The fraction of sp³-hybridized carbons (Fsp3) is 0.231. The van der Waals surface area contributed by atoms with Crippen LogP contribution in [0.25, 0.3) is 5.52 Å². The van der Waals surface area contributed by atoms with Gasteiger partial charge in [-0.2, -0.15) is 0 Å². The van der Waals surface area contributed by atoms with E-state index in [0.717, 1.165) is 0 Å². The van der Waals surface area contributed by atoms with E-state index in [4.69, 9.17) is 4.74 Å². The van der Waals surface area contributed by atoms with Crippen molar-refractivity contribution in [1.82, 2.24) is 24.4 Å². The summed E-state index contributed by atoms with van der Waals surface area (Å²) in [5.41, 5.74) is 0.311. The summed E-state index contributed by atoms with van der Waals surface area (Å²) in [6, 6.07) is 15.4. The summed E-state index contributed by atoms with van der Waals surface area (Å²) >= 11 is 0. The molecule has 11 nitrogen and oxygen atoms in total. The van der Waals surface area contributed by atoms with E-state index in [-0.39, 0.29) is 22.6 Å². The van der Waals surface area contributed by atoms with E-state index in [1.165, 1.54) is 22.6 Å². The molecule has 0 saturated heterocycles. The van der Waals surface area contributed by atoms with Gasteiger partial charge in [-0.3, -0.25) is 14.0 Å². The second-order valence-electron chi connectivity index (χ2n) is 8.49. The van der Waals surface area contributed by atoms with Crippen LogP contribution in [-0.2, 0) is 10.0 Å². The molecule has 0 aliphatic carbocycles. The highest BCUT2D eigenvalue weighted by Crippen LogP contribution is 2.14. The lowest BCUT2D eigenvalue weighted by molar-refractivity contribution is 0.0951. The molecule has 0 unspecified atom stereocenters. The van der Waals surface area contributed by atoms with Crippen LogP contribution in [0.5, 0.6) is 5.75 Å². The van der Waals surface area contributed by atoms with Gasteiger partial charge in [0.15, 0.2) is 0 Å². The Bertz CT molecular complexity index is 1550. The SMILES string of the molecule is C[C@H](CNC(=O)c1cc(=O)n2cc(OCCCNc3ncccn3)ccc2c1)NS(=O)(=O)c1ccccc1. The maximum absolute atomic E-state index is 12.7. The molecule has 0 spiro atoms. The van der Waals surface area contributed by atoms with Crippen molar-refractivity contribution in [3.8, 4) is 5.75 Å². The molecule has 3 N–H and O–H groups in total. The number of carbonyl (C=O) groups is 1. The van der Waals surface area contributed by atoms with E-state index < -0.39 is 22.0 Å². The Morgan fingerprint density at radius 2 is 1.82 bits per heavy atom. The zero-order chi connectivity index (χ0) is 27.0. The third-order valence-electron chi connectivity index (χ3n) is 5.45. The van der Waals surface area contributed by atoms with Crippen molar-refractivity contribution < 1.29 is 17.9 Å². The molecule has 0 bridgehead atoms. The van der Waals surface area contributed by atoms with Crippen LogP contribution in [0.3, 0.4) is 0 Å². The Morgan fingerprint density at radius 1 is 1.05 bits per heavy atom. The minimum Gasteiger partial charge on any atom is -0.492 e. The van der Waals surface area contributed by atoms with Gasteiger partial charge in [-0.05, 0) is 49.7 Å². The molecule has 3 heterocycles. The van der Waals surface area contributed by atoms with Crippen molar-refractivity contribution in [2.45, 2.75) is 24.3 Å². The zero-order valence-corrected chi connectivity index (χ0v) is 21.5. The van der Waals surface area contributed by atoms with Gasteiger partial charge in [-0.1, -0.05) is 18.2 Å². The normalized spacial score (nSPS) is 12.1. The maximum atomic E-state index is 12.7. The number of sulfonamides is 1. The molecule has 3 aromatic heterocycles. The van der Waals surface area contributed by atoms with Crippen molar-refractivity contribution in [2.75, 3.05) is 25.0 Å². The number of anilines is 1. The Labute approximate surface area is 220 Å². The lowest BCUT2D eigenvalue weighted by Gasteiger charge is -2.15. The third kappa shape index (κ3) is 7.14. The summed E-state index contributed by atoms with van der Waals surface area (Å²) in [5.74, 6) is 0.588. The Kier molecular flexibility index (Phi) is 8.66. The Balaban J connectivity index is 1.30. The summed E-state index contributed by atoms with van der Waals surface area (Å²) in [6.45, 7) is 2.74. The van der Waals surface area contributed by atoms with E-state index in [1.54, 1.807) is 68.0 Å². The number of nitrogens with one attached hydrogen (secondary N) is 3. The number of carbonyl (C=O) groups excluding carboxylic acids is 1. The standard InChI is InChI=1S/C26H28N6O5S/c1-19(31-38(35,36)23-7-3-2-4-8-23)17-30-25(34)20-15-21-9-10-22(18-32(21)24(33)16-20)37-14-6-13-29-26-27-11-5-12-28-26/h2-5,7-12,15-16,18-19,31H,6,13-14,17H2,1H3,(H,30,34)(H,27,28,29)/t19-/m1/s1. The molecule has 198 valence electrons. The van der Waals surface area contributed by atoms with Gasteiger partial charge in [0.1, 0.15) is 5.75 Å². The molecular formula is C26H28N6O5S. The third-order valence-corrected chi connectivity index (χ3v) is 7.06. The van der Waals surface area contributed by atoms with Gasteiger partial charge >= 0.3 is 0 Å². The van der Waals surface area contributed by atoms with Crippen LogP contribution in [0.15, 0.2) is 88.9 Å². The number of ether oxygens (including phenoxy) is 1. The Morgan fingerprint density at radius 3 is 2.58 bits per heavy atom. The molecule has 1 aromatic carbocycles. The second kappa shape index (κ2) is 12.3. The highest BCUT2D eigenvalue weighted by molar-refractivity contribution is 7.89. The molecule has 1 atom stereocenters. The van der Waals surface area contributed by atoms with E-state index in [1.807, 2.05) is 0 Å². The van der Waals surface area contributed by atoms with Gasteiger partial charge in [0.25, 0.3) is 11.5 Å². The van der Waals surface area contributed by atoms with E-state index >= 15 is 0 Å². The van der Waals surface area contributed by atoms with E-state index in [2.05, 4.69) is 25.3 Å². The van der Waals surface area contributed by atoms with Crippen molar-refractivity contribution >= 4 is 27.4 Å². The molecule has 0 fully saturated rings. The largest absolute Gasteiger partial charge is 0.492 e. The van der Waals surface area contributed by atoms with Crippen LogP contribution in [0, 0.1) is 0 Å². The predicted molar refractivity (Wildman–Crippen MR) is 143 cm³/mol. The molecule has 4 rings (SSSR count). The number of amides is 1. The first-order valence-electron chi connectivity index (χ1n) is 12.0. The van der Waals surface area contributed by atoms with Gasteiger partial charge in [-0.25, -0.2) is 23.1 Å². The van der Waals surface area contributed by atoms with E-state index in [0.29, 0.717) is 36.8 Å². The molecule has 0 aliphatic heterocycles. The summed E-state index contributed by atoms with van der Waals surface area (Å²) in [6.07, 6.45) is 5.59. The first kappa shape index (κ1) is 26.8. The monoisotopic (exact) mass is 536 g/mol. The first-order chi connectivity index (χ1) is 18.3. The number of fused-ring (bicyclic) bond motifs is 1. The maximum Gasteiger partial charge on any atom is 0.255 e. The molecule has 4 aromatic rings. The Hall–Kier alpha value is -4.29. The molecule has 0 aliphatic rings. The van der Waals surface area contributed by atoms with Gasteiger partial charge in [0.2, 0.25) is 16.0 Å². The quantitative estimate of drug-likeness (QED) is 0.234. The predicted octanol–water partition coefficient (Wildman–Crippen LogP) is 2.07. The van der Waals surface area contributed by atoms with Gasteiger partial charge < -0.3 is 15.4 Å². The van der Waals surface area contributed by atoms with Gasteiger partial charge in [0, 0.05) is 48.7 Å². The molecule has 0 saturated carbocycles. The average Bonchev–Trinajstić information content (AvgIpc) is 2.92. The van der Waals surface area contributed by atoms with Crippen LogP contribution < -0.4 is 25.7 Å². The van der Waals surface area contributed by atoms with Gasteiger partial charge in [-0.15, -0.1) is 0 Å². The summed E-state index contributed by atoms with van der Waals surface area (Å²) in [7, 11) is -3.71. The summed E-state index contributed by atoms with van der Waals surface area (Å²) < 4.78 is 34.6. The van der Waals surface area contributed by atoms with Crippen molar-refractivity contribution in [3.63, 3.8) is 0 Å². The van der Waals surface area contributed by atoms with Crippen LogP contribution >= 0.6 is 0 Å². The number of pyridine rings is 2. The van der Waals surface area contributed by atoms with Crippen LogP contribution in [0.1, 0.15) is 23.7 Å². The van der Waals surface area contributed by atoms with Gasteiger partial charge in [0.05, 0.1) is 17.7 Å². The number of hydrogen-bond donors (Lipinski definition) is 3. The second-order valence-corrected chi connectivity index (χ2v) is 10.2. The highest BCUT2D eigenvalue weighted by atomic mass is 32.2. The number of hydrogen-bond acceptors (Lipinski definition) is 8. The highest BCUT2D eigenvalue weighted by Gasteiger charge is 2.18. The zero-order valence-electron chi connectivity index (χ0n) is 20.7. The topological polar surface area (TPSA) is 144 Å². The molecule has 12 heteroatoms. The van der Waals surface area contributed by atoms with E-state index in [9.17, 15) is 18.0 Å². The van der Waals surface area contributed by atoms with Crippen LogP contribution in [0.4, 0.5) is 5.95 Å². The number of rotatable bonds is 12. The van der Waals surface area contributed by atoms with Crippen LogP contribution in [-0.4, -0.2) is 54.4 Å².